The van der Waals surface area contributed by atoms with E-state index in [1.165, 1.54) is 0 Å². The van der Waals surface area contributed by atoms with Gasteiger partial charge in [0.05, 0.1) is 0 Å². The molecule has 0 aliphatic heterocycles. The van der Waals surface area contributed by atoms with Crippen LogP contribution in [-0.2, 0) is 5.54 Å². The molecule has 1 aliphatic carbocycles. The zero-order valence-electron chi connectivity index (χ0n) is 9.27. The summed E-state index contributed by atoms with van der Waals surface area (Å²) in [6.07, 6.45) is 3.64. The molecule has 0 aromatic heterocycles. The molecule has 0 unspecified atom stereocenters. The van der Waals surface area contributed by atoms with Crippen molar-refractivity contribution in [2.75, 3.05) is 0 Å². The predicted molar refractivity (Wildman–Crippen MR) is 56.9 cm³/mol. The minimum atomic E-state index is -1.56. The summed E-state index contributed by atoms with van der Waals surface area (Å²) >= 11 is 0. The highest BCUT2D eigenvalue weighted by molar-refractivity contribution is 5.37. The first kappa shape index (κ1) is 12.2. The average Bonchev–Trinajstić information content (AvgIpc) is 2.32. The Morgan fingerprint density at radius 3 is 2.24 bits per heavy atom. The third-order valence-electron chi connectivity index (χ3n) is 3.42. The van der Waals surface area contributed by atoms with Gasteiger partial charge in [0.2, 0.25) is 5.82 Å². The molecule has 17 heavy (non-hydrogen) atoms. The summed E-state index contributed by atoms with van der Waals surface area (Å²) in [6, 6.07) is 0.760. The van der Waals surface area contributed by atoms with Gasteiger partial charge in [-0.3, -0.25) is 0 Å². The van der Waals surface area contributed by atoms with Crippen molar-refractivity contribution in [3.63, 3.8) is 0 Å². The molecule has 0 spiro atoms. The second-order valence-corrected chi connectivity index (χ2v) is 4.60. The average molecular weight is 245 g/mol. The fourth-order valence-electron chi connectivity index (χ4n) is 2.40. The zero-order chi connectivity index (χ0) is 12.6. The Hall–Kier alpha value is -1.23. The first-order chi connectivity index (χ1) is 7.96. The molecule has 1 aromatic rings. The zero-order valence-corrected chi connectivity index (χ0v) is 9.27. The standard InChI is InChI=1S/C12H14F3NO/c13-8-6-7(9(14)11(17)10(8)15)12(16)4-2-1-3-5-12/h6,17H,1-5,16H2. The number of benzene rings is 1. The van der Waals surface area contributed by atoms with Crippen molar-refractivity contribution in [1.82, 2.24) is 0 Å². The van der Waals surface area contributed by atoms with Gasteiger partial charge in [-0.15, -0.1) is 0 Å². The molecule has 2 rings (SSSR count). The van der Waals surface area contributed by atoms with Gasteiger partial charge in [0.15, 0.2) is 17.4 Å². The smallest absolute Gasteiger partial charge is 0.203 e. The van der Waals surface area contributed by atoms with E-state index >= 15 is 0 Å². The molecule has 0 heterocycles. The number of hydrogen-bond acceptors (Lipinski definition) is 2. The number of phenols is 1. The van der Waals surface area contributed by atoms with Crippen molar-refractivity contribution >= 4 is 0 Å². The van der Waals surface area contributed by atoms with Gasteiger partial charge in [0, 0.05) is 11.1 Å². The van der Waals surface area contributed by atoms with E-state index in [-0.39, 0.29) is 5.56 Å². The fraction of sp³-hybridized carbons (Fsp3) is 0.500. The van der Waals surface area contributed by atoms with E-state index in [9.17, 15) is 13.2 Å². The van der Waals surface area contributed by atoms with Gasteiger partial charge in [-0.2, -0.15) is 4.39 Å². The van der Waals surface area contributed by atoms with Gasteiger partial charge < -0.3 is 10.8 Å². The highest BCUT2D eigenvalue weighted by Gasteiger charge is 2.34. The number of hydrogen-bond donors (Lipinski definition) is 2. The van der Waals surface area contributed by atoms with Gasteiger partial charge in [-0.05, 0) is 18.9 Å². The maximum Gasteiger partial charge on any atom is 0.203 e. The molecule has 5 heteroatoms. The SMILES string of the molecule is NC1(c2cc(F)c(F)c(O)c2F)CCCCC1. The van der Waals surface area contributed by atoms with Crippen LogP contribution >= 0.6 is 0 Å². The second kappa shape index (κ2) is 4.22. The van der Waals surface area contributed by atoms with Crippen LogP contribution in [0, 0.1) is 17.5 Å². The Morgan fingerprint density at radius 1 is 1.06 bits per heavy atom. The van der Waals surface area contributed by atoms with E-state index in [1.54, 1.807) is 0 Å². The normalized spacial score (nSPS) is 19.3. The molecule has 0 atom stereocenters. The topological polar surface area (TPSA) is 46.2 Å². The molecule has 0 radical (unpaired) electrons. The summed E-state index contributed by atoms with van der Waals surface area (Å²) < 4.78 is 39.9. The van der Waals surface area contributed by atoms with Crippen LogP contribution in [0.2, 0.25) is 0 Å². The third-order valence-corrected chi connectivity index (χ3v) is 3.42. The Bertz CT molecular complexity index is 442. The number of phenolic OH excluding ortho intramolecular Hbond substituents is 1. The van der Waals surface area contributed by atoms with Gasteiger partial charge in [0.1, 0.15) is 0 Å². The maximum absolute atomic E-state index is 13.7. The minimum Gasteiger partial charge on any atom is -0.503 e. The van der Waals surface area contributed by atoms with E-state index in [2.05, 4.69) is 0 Å². The molecular formula is C12H14F3NO. The van der Waals surface area contributed by atoms with Gasteiger partial charge in [-0.25, -0.2) is 8.78 Å². The van der Waals surface area contributed by atoms with Crippen molar-refractivity contribution in [3.8, 4) is 5.75 Å². The summed E-state index contributed by atoms with van der Waals surface area (Å²) in [7, 11) is 0. The summed E-state index contributed by atoms with van der Waals surface area (Å²) in [5.74, 6) is -5.26. The van der Waals surface area contributed by atoms with E-state index in [0.717, 1.165) is 25.3 Å². The molecule has 0 bridgehead atoms. The summed E-state index contributed by atoms with van der Waals surface area (Å²) in [4.78, 5) is 0. The maximum atomic E-state index is 13.7. The van der Waals surface area contributed by atoms with E-state index < -0.39 is 28.7 Å². The number of nitrogens with two attached hydrogens (primary N) is 1. The number of rotatable bonds is 1. The molecule has 0 saturated heterocycles. The summed E-state index contributed by atoms with van der Waals surface area (Å²) in [5.41, 5.74) is 4.89. The third kappa shape index (κ3) is 1.99. The van der Waals surface area contributed by atoms with Crippen LogP contribution in [0.15, 0.2) is 6.07 Å². The van der Waals surface area contributed by atoms with Crippen LogP contribution in [0.4, 0.5) is 13.2 Å². The Balaban J connectivity index is 2.51. The molecule has 2 nitrogen and oxygen atoms in total. The summed E-state index contributed by atoms with van der Waals surface area (Å²) in [6.45, 7) is 0. The van der Waals surface area contributed by atoms with Crippen LogP contribution in [0.25, 0.3) is 0 Å². The highest BCUT2D eigenvalue weighted by Crippen LogP contribution is 2.39. The molecule has 3 N–H and O–H groups in total. The van der Waals surface area contributed by atoms with E-state index in [1.807, 2.05) is 0 Å². The van der Waals surface area contributed by atoms with Crippen LogP contribution in [0.3, 0.4) is 0 Å². The number of halogens is 3. The Morgan fingerprint density at radius 2 is 1.65 bits per heavy atom. The van der Waals surface area contributed by atoms with Crippen LogP contribution in [0.5, 0.6) is 5.75 Å². The largest absolute Gasteiger partial charge is 0.503 e. The minimum absolute atomic E-state index is 0.131. The van der Waals surface area contributed by atoms with Crippen molar-refractivity contribution in [1.29, 1.82) is 0 Å². The van der Waals surface area contributed by atoms with Crippen LogP contribution < -0.4 is 5.73 Å². The van der Waals surface area contributed by atoms with Crippen molar-refractivity contribution < 1.29 is 18.3 Å². The van der Waals surface area contributed by atoms with Crippen LogP contribution in [0.1, 0.15) is 37.7 Å². The Labute approximate surface area is 97.2 Å². The predicted octanol–water partition coefficient (Wildman–Crippen LogP) is 2.93. The monoisotopic (exact) mass is 245 g/mol. The number of aromatic hydroxyl groups is 1. The molecule has 94 valence electrons. The first-order valence-corrected chi connectivity index (χ1v) is 5.61. The highest BCUT2D eigenvalue weighted by atomic mass is 19.2. The summed E-state index contributed by atoms with van der Waals surface area (Å²) in [5, 5.41) is 9.17. The molecule has 1 aliphatic rings. The van der Waals surface area contributed by atoms with Gasteiger partial charge in [0.25, 0.3) is 0 Å². The van der Waals surface area contributed by atoms with Crippen molar-refractivity contribution in [3.05, 3.63) is 29.1 Å². The Kier molecular flexibility index (Phi) is 3.03. The molecule has 0 amide bonds. The fourth-order valence-corrected chi connectivity index (χ4v) is 2.40. The quantitative estimate of drug-likeness (QED) is 0.747. The first-order valence-electron chi connectivity index (χ1n) is 5.61. The van der Waals surface area contributed by atoms with Crippen LogP contribution in [-0.4, -0.2) is 5.11 Å². The van der Waals surface area contributed by atoms with E-state index in [4.69, 9.17) is 10.8 Å². The lowest BCUT2D eigenvalue weighted by Gasteiger charge is -2.34. The second-order valence-electron chi connectivity index (χ2n) is 4.60. The lowest BCUT2D eigenvalue weighted by molar-refractivity contribution is 0.283. The van der Waals surface area contributed by atoms with Gasteiger partial charge in [-0.1, -0.05) is 19.3 Å². The molecule has 1 aromatic carbocycles. The van der Waals surface area contributed by atoms with E-state index in [0.29, 0.717) is 12.8 Å². The van der Waals surface area contributed by atoms with Crippen molar-refractivity contribution in [2.24, 2.45) is 5.73 Å². The lowest BCUT2D eigenvalue weighted by atomic mass is 9.77. The van der Waals surface area contributed by atoms with Gasteiger partial charge >= 0.3 is 0 Å². The molecule has 1 fully saturated rings. The lowest BCUT2D eigenvalue weighted by Crippen LogP contribution is -2.39. The van der Waals surface area contributed by atoms with Crippen molar-refractivity contribution in [2.45, 2.75) is 37.6 Å². The molecular weight excluding hydrogens is 231 g/mol. The molecule has 1 saturated carbocycles.